The van der Waals surface area contributed by atoms with Crippen LogP contribution < -0.4 is 4.90 Å². The van der Waals surface area contributed by atoms with Crippen molar-refractivity contribution in [3.8, 4) is 0 Å². The van der Waals surface area contributed by atoms with Crippen LogP contribution in [0.1, 0.15) is 5.69 Å². The quantitative estimate of drug-likeness (QED) is 0.759. The fraction of sp³-hybridized carbons (Fsp3) is 0.154. The lowest BCUT2D eigenvalue weighted by atomic mass is 10.3. The highest BCUT2D eigenvalue weighted by Crippen LogP contribution is 2.15. The number of benzene rings is 1. The average molecular weight is 239 g/mol. The molecule has 0 atom stereocenters. The van der Waals surface area contributed by atoms with Crippen molar-refractivity contribution in [1.82, 2.24) is 20.2 Å². The lowest BCUT2D eigenvalue weighted by Gasteiger charge is -2.16. The number of H-pyrrole nitrogens is 1. The third kappa shape index (κ3) is 2.02. The molecule has 0 amide bonds. The van der Waals surface area contributed by atoms with E-state index in [1.165, 1.54) is 0 Å². The van der Waals surface area contributed by atoms with Crippen LogP contribution in [0.25, 0.3) is 11.0 Å². The van der Waals surface area contributed by atoms with Gasteiger partial charge in [0, 0.05) is 13.2 Å². The van der Waals surface area contributed by atoms with E-state index < -0.39 is 0 Å². The van der Waals surface area contributed by atoms with Gasteiger partial charge in [0.05, 0.1) is 29.5 Å². The van der Waals surface area contributed by atoms with Gasteiger partial charge in [0.1, 0.15) is 5.82 Å². The van der Waals surface area contributed by atoms with Crippen molar-refractivity contribution in [1.29, 1.82) is 0 Å². The predicted octanol–water partition coefficient (Wildman–Crippen LogP) is 1.99. The Morgan fingerprint density at radius 3 is 2.78 bits per heavy atom. The molecular weight excluding hydrogens is 226 g/mol. The first-order valence-electron chi connectivity index (χ1n) is 5.74. The molecule has 3 rings (SSSR count). The molecule has 0 unspecified atom stereocenters. The van der Waals surface area contributed by atoms with Crippen LogP contribution in [0.2, 0.25) is 0 Å². The second-order valence-corrected chi connectivity index (χ2v) is 4.15. The summed E-state index contributed by atoms with van der Waals surface area (Å²) in [7, 11) is 1.99. The van der Waals surface area contributed by atoms with E-state index in [1.807, 2.05) is 42.3 Å². The molecule has 5 nitrogen and oxygen atoms in total. The van der Waals surface area contributed by atoms with Crippen LogP contribution in [0.5, 0.6) is 0 Å². The average Bonchev–Trinajstić information content (AvgIpc) is 2.91. The Balaban J connectivity index is 1.89. The molecule has 0 bridgehead atoms. The van der Waals surface area contributed by atoms with Crippen LogP contribution in [-0.2, 0) is 6.54 Å². The minimum atomic E-state index is 0.729. The Hall–Kier alpha value is -2.43. The minimum Gasteiger partial charge on any atom is -0.353 e. The number of para-hydroxylation sites is 2. The number of fused-ring (bicyclic) bond motifs is 1. The highest BCUT2D eigenvalue weighted by molar-refractivity contribution is 5.75. The van der Waals surface area contributed by atoms with Crippen LogP contribution in [0.4, 0.5) is 5.82 Å². The summed E-state index contributed by atoms with van der Waals surface area (Å²) in [6, 6.07) is 9.81. The molecule has 0 aliphatic heterocycles. The molecule has 0 aliphatic carbocycles. The van der Waals surface area contributed by atoms with Crippen molar-refractivity contribution in [2.24, 2.45) is 0 Å². The van der Waals surface area contributed by atoms with E-state index >= 15 is 0 Å². The fourth-order valence-electron chi connectivity index (χ4n) is 1.84. The number of nitrogens with zero attached hydrogens (tertiary/aromatic N) is 4. The summed E-state index contributed by atoms with van der Waals surface area (Å²) in [5.41, 5.74) is 2.87. The molecule has 0 spiro atoms. The largest absolute Gasteiger partial charge is 0.353 e. The summed E-state index contributed by atoms with van der Waals surface area (Å²) in [5.74, 6) is 0.850. The lowest BCUT2D eigenvalue weighted by Crippen LogP contribution is -2.18. The predicted molar refractivity (Wildman–Crippen MR) is 70.2 cm³/mol. The summed E-state index contributed by atoms with van der Waals surface area (Å²) in [5, 5.41) is 6.87. The Kier molecular flexibility index (Phi) is 2.64. The van der Waals surface area contributed by atoms with E-state index in [0.29, 0.717) is 0 Å². The Morgan fingerprint density at radius 2 is 2.00 bits per heavy atom. The monoisotopic (exact) mass is 239 g/mol. The van der Waals surface area contributed by atoms with Crippen LogP contribution in [0.15, 0.2) is 42.7 Å². The zero-order valence-corrected chi connectivity index (χ0v) is 10.0. The van der Waals surface area contributed by atoms with E-state index in [4.69, 9.17) is 0 Å². The molecule has 0 saturated heterocycles. The lowest BCUT2D eigenvalue weighted by molar-refractivity contribution is 0.853. The van der Waals surface area contributed by atoms with Gasteiger partial charge in [0.15, 0.2) is 0 Å². The van der Waals surface area contributed by atoms with Gasteiger partial charge in [-0.05, 0) is 18.2 Å². The summed E-state index contributed by atoms with van der Waals surface area (Å²) in [4.78, 5) is 11.0. The molecule has 1 aromatic carbocycles. The maximum absolute atomic E-state index is 4.58. The maximum atomic E-state index is 4.58. The second-order valence-electron chi connectivity index (χ2n) is 4.15. The van der Waals surface area contributed by atoms with E-state index in [1.54, 1.807) is 12.4 Å². The highest BCUT2D eigenvalue weighted by atomic mass is 15.2. The van der Waals surface area contributed by atoms with Crippen molar-refractivity contribution in [3.05, 3.63) is 48.4 Å². The highest BCUT2D eigenvalue weighted by Gasteiger charge is 2.06. The van der Waals surface area contributed by atoms with Crippen LogP contribution in [0.3, 0.4) is 0 Å². The van der Waals surface area contributed by atoms with E-state index in [-0.39, 0.29) is 0 Å². The van der Waals surface area contributed by atoms with E-state index in [0.717, 1.165) is 29.1 Å². The molecule has 0 aliphatic rings. The van der Waals surface area contributed by atoms with Gasteiger partial charge in [-0.15, -0.1) is 0 Å². The first-order valence-corrected chi connectivity index (χ1v) is 5.74. The SMILES string of the molecule is CN(Cc1ccn[nH]1)c1cnc2ccccc2n1. The molecular formula is C13H13N5. The summed E-state index contributed by atoms with van der Waals surface area (Å²) in [6.07, 6.45) is 3.54. The van der Waals surface area contributed by atoms with E-state index in [2.05, 4.69) is 20.2 Å². The van der Waals surface area contributed by atoms with Crippen molar-refractivity contribution in [2.75, 3.05) is 11.9 Å². The van der Waals surface area contributed by atoms with Gasteiger partial charge in [0.2, 0.25) is 0 Å². The normalized spacial score (nSPS) is 10.7. The molecule has 1 N–H and O–H groups in total. The zero-order valence-electron chi connectivity index (χ0n) is 10.0. The van der Waals surface area contributed by atoms with Gasteiger partial charge in [-0.2, -0.15) is 5.10 Å². The van der Waals surface area contributed by atoms with Gasteiger partial charge in [0.25, 0.3) is 0 Å². The van der Waals surface area contributed by atoms with Crippen LogP contribution in [-0.4, -0.2) is 27.2 Å². The van der Waals surface area contributed by atoms with Crippen molar-refractivity contribution in [3.63, 3.8) is 0 Å². The number of rotatable bonds is 3. The maximum Gasteiger partial charge on any atom is 0.147 e. The molecule has 90 valence electrons. The molecule has 3 aromatic rings. The molecule has 2 heterocycles. The van der Waals surface area contributed by atoms with Crippen molar-refractivity contribution in [2.45, 2.75) is 6.54 Å². The molecule has 2 aromatic heterocycles. The van der Waals surface area contributed by atoms with Gasteiger partial charge >= 0.3 is 0 Å². The molecule has 5 heteroatoms. The summed E-state index contributed by atoms with van der Waals surface area (Å²) >= 11 is 0. The number of hydrogen-bond donors (Lipinski definition) is 1. The summed E-state index contributed by atoms with van der Waals surface area (Å²) in [6.45, 7) is 0.729. The number of aromatic amines is 1. The minimum absolute atomic E-state index is 0.729. The first kappa shape index (κ1) is 10.7. The summed E-state index contributed by atoms with van der Waals surface area (Å²) < 4.78 is 0. The Bertz CT molecular complexity index is 647. The van der Waals surface area contributed by atoms with Gasteiger partial charge in [-0.25, -0.2) is 4.98 Å². The third-order valence-electron chi connectivity index (χ3n) is 2.79. The molecule has 0 saturated carbocycles. The van der Waals surface area contributed by atoms with Gasteiger partial charge in [-0.3, -0.25) is 10.1 Å². The molecule has 18 heavy (non-hydrogen) atoms. The molecule has 0 fully saturated rings. The van der Waals surface area contributed by atoms with Crippen LogP contribution in [0, 0.1) is 0 Å². The van der Waals surface area contributed by atoms with Crippen molar-refractivity contribution >= 4 is 16.9 Å². The number of aromatic nitrogens is 4. The smallest absolute Gasteiger partial charge is 0.147 e. The van der Waals surface area contributed by atoms with E-state index in [9.17, 15) is 0 Å². The van der Waals surface area contributed by atoms with Crippen molar-refractivity contribution < 1.29 is 0 Å². The van der Waals surface area contributed by atoms with Gasteiger partial charge < -0.3 is 4.90 Å². The zero-order chi connectivity index (χ0) is 12.4. The van der Waals surface area contributed by atoms with Gasteiger partial charge in [-0.1, -0.05) is 12.1 Å². The van der Waals surface area contributed by atoms with Crippen LogP contribution >= 0.6 is 0 Å². The Morgan fingerprint density at radius 1 is 1.17 bits per heavy atom. The third-order valence-corrected chi connectivity index (χ3v) is 2.79. The Labute approximate surface area is 104 Å². The first-order chi connectivity index (χ1) is 8.83. The molecule has 0 radical (unpaired) electrons. The standard InChI is InChI=1S/C13H13N5/c1-18(9-10-6-7-15-17-10)13-8-14-11-4-2-3-5-12(11)16-13/h2-8H,9H2,1H3,(H,15,17). The second kappa shape index (κ2) is 4.44. The topological polar surface area (TPSA) is 57.7 Å². The number of nitrogens with one attached hydrogen (secondary N) is 1. The number of hydrogen-bond acceptors (Lipinski definition) is 4. The fourth-order valence-corrected chi connectivity index (χ4v) is 1.84. The number of anilines is 1.